The van der Waals surface area contributed by atoms with E-state index in [0.29, 0.717) is 15.9 Å². The molecule has 1 aromatic carbocycles. The van der Waals surface area contributed by atoms with Crippen LogP contribution < -0.4 is 4.74 Å². The maximum atomic E-state index is 8.75. The van der Waals surface area contributed by atoms with Gasteiger partial charge in [0.1, 0.15) is 17.6 Å². The van der Waals surface area contributed by atoms with Gasteiger partial charge in [-0.2, -0.15) is 5.26 Å². The highest BCUT2D eigenvalue weighted by Gasteiger charge is 2.08. The average Bonchev–Trinajstić information content (AvgIpc) is 3.10. The summed E-state index contributed by atoms with van der Waals surface area (Å²) in [5.41, 5.74) is 0. The number of halogens is 1. The van der Waals surface area contributed by atoms with Crippen molar-refractivity contribution in [2.45, 2.75) is 0 Å². The second-order valence-corrected chi connectivity index (χ2v) is 5.60. The van der Waals surface area contributed by atoms with Gasteiger partial charge in [0.05, 0.1) is 10.7 Å². The molecule has 0 fully saturated rings. The smallest absolute Gasteiger partial charge is 0.219 e. The van der Waals surface area contributed by atoms with Crippen molar-refractivity contribution in [3.8, 4) is 22.7 Å². The Morgan fingerprint density at radius 3 is 2.85 bits per heavy atom. The molecule has 0 aliphatic carbocycles. The van der Waals surface area contributed by atoms with Gasteiger partial charge in [0.2, 0.25) is 10.1 Å². The maximum Gasteiger partial charge on any atom is 0.219 e. The van der Waals surface area contributed by atoms with Gasteiger partial charge in [-0.25, -0.2) is 0 Å². The van der Waals surface area contributed by atoms with E-state index in [0.717, 1.165) is 10.2 Å². The number of hydrogen-bond acceptors (Lipinski definition) is 5. The number of aromatic nitrogens is 3. The minimum atomic E-state index is 0.335. The topological polar surface area (TPSA) is 63.7 Å². The zero-order valence-electron chi connectivity index (χ0n) is 10.0. The summed E-state index contributed by atoms with van der Waals surface area (Å²) in [5.74, 6) is 1.42. The van der Waals surface area contributed by atoms with Crippen molar-refractivity contribution in [1.82, 2.24) is 14.8 Å². The number of hydrogen-bond donors (Lipinski definition) is 0. The SMILES string of the molecule is N#Cc1nnc(-n2ccc(Oc3ccccc3Br)c2)s1. The number of benzene rings is 1. The fourth-order valence-electron chi connectivity index (χ4n) is 1.58. The van der Waals surface area contributed by atoms with E-state index in [9.17, 15) is 0 Å². The third-order valence-corrected chi connectivity index (χ3v) is 3.96. The number of nitriles is 1. The average molecular weight is 347 g/mol. The lowest BCUT2D eigenvalue weighted by Crippen LogP contribution is -1.88. The fraction of sp³-hybridized carbons (Fsp3) is 0. The van der Waals surface area contributed by atoms with E-state index in [2.05, 4.69) is 26.1 Å². The van der Waals surface area contributed by atoms with Crippen molar-refractivity contribution < 1.29 is 4.74 Å². The first-order valence-electron chi connectivity index (χ1n) is 5.60. The summed E-state index contributed by atoms with van der Waals surface area (Å²) in [4.78, 5) is 0. The maximum absolute atomic E-state index is 8.75. The van der Waals surface area contributed by atoms with E-state index in [-0.39, 0.29) is 0 Å². The fourth-order valence-corrected chi connectivity index (χ4v) is 2.54. The number of ether oxygens (including phenoxy) is 1. The molecule has 0 N–H and O–H groups in total. The lowest BCUT2D eigenvalue weighted by molar-refractivity contribution is 0.479. The molecular weight excluding hydrogens is 340 g/mol. The largest absolute Gasteiger partial charge is 0.455 e. The molecule has 98 valence electrons. The molecule has 0 saturated heterocycles. The Hall–Kier alpha value is -2.17. The van der Waals surface area contributed by atoms with Crippen molar-refractivity contribution >= 4 is 27.3 Å². The quantitative estimate of drug-likeness (QED) is 0.724. The van der Waals surface area contributed by atoms with Crippen molar-refractivity contribution in [3.63, 3.8) is 0 Å². The molecule has 0 atom stereocenters. The molecule has 0 bridgehead atoms. The number of para-hydroxylation sites is 1. The van der Waals surface area contributed by atoms with Gasteiger partial charge in [0.15, 0.2) is 0 Å². The number of rotatable bonds is 3. The molecule has 0 unspecified atom stereocenters. The van der Waals surface area contributed by atoms with Crippen LogP contribution in [0.1, 0.15) is 5.01 Å². The minimum absolute atomic E-state index is 0.335. The van der Waals surface area contributed by atoms with Crippen molar-refractivity contribution in [3.05, 3.63) is 52.2 Å². The first kappa shape index (κ1) is 12.8. The molecule has 0 amide bonds. The Bertz CT molecular complexity index is 790. The van der Waals surface area contributed by atoms with Crippen LogP contribution in [0, 0.1) is 11.3 Å². The third kappa shape index (κ3) is 2.57. The summed E-state index contributed by atoms with van der Waals surface area (Å²) in [6.45, 7) is 0. The first-order chi connectivity index (χ1) is 9.76. The highest BCUT2D eigenvalue weighted by atomic mass is 79.9. The Balaban J connectivity index is 1.84. The molecule has 2 aromatic heterocycles. The van der Waals surface area contributed by atoms with Crippen LogP contribution in [0.15, 0.2) is 47.2 Å². The van der Waals surface area contributed by atoms with E-state index in [1.165, 1.54) is 11.3 Å². The Labute approximate surface area is 127 Å². The van der Waals surface area contributed by atoms with Gasteiger partial charge in [-0.15, -0.1) is 10.2 Å². The normalized spacial score (nSPS) is 10.2. The molecule has 0 radical (unpaired) electrons. The van der Waals surface area contributed by atoms with E-state index < -0.39 is 0 Å². The van der Waals surface area contributed by atoms with Crippen LogP contribution in [0.25, 0.3) is 5.13 Å². The molecule has 0 aliphatic heterocycles. The second-order valence-electron chi connectivity index (χ2n) is 3.79. The van der Waals surface area contributed by atoms with E-state index in [1.807, 2.05) is 42.6 Å². The predicted octanol–water partition coefficient (Wildman–Crippen LogP) is 3.76. The molecule has 20 heavy (non-hydrogen) atoms. The highest BCUT2D eigenvalue weighted by molar-refractivity contribution is 9.10. The van der Waals surface area contributed by atoms with Crippen LogP contribution in [0.4, 0.5) is 0 Å². The van der Waals surface area contributed by atoms with Crippen LogP contribution >= 0.6 is 27.3 Å². The standard InChI is InChI=1S/C13H7BrN4OS/c14-10-3-1-2-4-11(10)19-9-5-6-18(8-9)13-17-16-12(7-15)20-13/h1-6,8H. The minimum Gasteiger partial charge on any atom is -0.455 e. The molecule has 3 rings (SSSR count). The van der Waals surface area contributed by atoms with Crippen molar-refractivity contribution in [1.29, 1.82) is 5.26 Å². The highest BCUT2D eigenvalue weighted by Crippen LogP contribution is 2.30. The Kier molecular flexibility index (Phi) is 3.50. The van der Waals surface area contributed by atoms with E-state index in [4.69, 9.17) is 10.00 Å². The van der Waals surface area contributed by atoms with Gasteiger partial charge in [-0.05, 0) is 34.1 Å². The third-order valence-electron chi connectivity index (χ3n) is 2.46. The Morgan fingerprint density at radius 1 is 1.25 bits per heavy atom. The van der Waals surface area contributed by atoms with Gasteiger partial charge in [-0.1, -0.05) is 23.5 Å². The Morgan fingerprint density at radius 2 is 2.10 bits per heavy atom. The molecule has 0 spiro atoms. The van der Waals surface area contributed by atoms with Crippen LogP contribution in [0.5, 0.6) is 11.5 Å². The summed E-state index contributed by atoms with van der Waals surface area (Å²) < 4.78 is 8.42. The molecule has 5 nitrogen and oxygen atoms in total. The number of nitrogens with zero attached hydrogens (tertiary/aromatic N) is 4. The predicted molar refractivity (Wildman–Crippen MR) is 78.2 cm³/mol. The van der Waals surface area contributed by atoms with Crippen molar-refractivity contribution in [2.75, 3.05) is 0 Å². The molecular formula is C13H7BrN4OS. The summed E-state index contributed by atoms with van der Waals surface area (Å²) >= 11 is 4.65. The summed E-state index contributed by atoms with van der Waals surface area (Å²) in [6, 6.07) is 11.4. The van der Waals surface area contributed by atoms with E-state index >= 15 is 0 Å². The lowest BCUT2D eigenvalue weighted by Gasteiger charge is -2.04. The van der Waals surface area contributed by atoms with Gasteiger partial charge >= 0.3 is 0 Å². The molecule has 2 heterocycles. The second kappa shape index (κ2) is 5.45. The first-order valence-corrected chi connectivity index (χ1v) is 7.21. The van der Waals surface area contributed by atoms with Crippen LogP contribution in [0.3, 0.4) is 0 Å². The van der Waals surface area contributed by atoms with Crippen LogP contribution in [-0.2, 0) is 0 Å². The zero-order chi connectivity index (χ0) is 13.9. The van der Waals surface area contributed by atoms with Crippen LogP contribution in [-0.4, -0.2) is 14.8 Å². The molecule has 7 heteroatoms. The zero-order valence-corrected chi connectivity index (χ0v) is 12.4. The molecule has 3 aromatic rings. The van der Waals surface area contributed by atoms with Gasteiger partial charge in [0, 0.05) is 6.20 Å². The van der Waals surface area contributed by atoms with Gasteiger partial charge in [-0.3, -0.25) is 4.57 Å². The van der Waals surface area contributed by atoms with E-state index in [1.54, 1.807) is 10.8 Å². The monoisotopic (exact) mass is 346 g/mol. The lowest BCUT2D eigenvalue weighted by atomic mass is 10.3. The van der Waals surface area contributed by atoms with Crippen molar-refractivity contribution in [2.24, 2.45) is 0 Å². The van der Waals surface area contributed by atoms with Gasteiger partial charge in [0.25, 0.3) is 0 Å². The molecule has 0 aliphatic rings. The summed E-state index contributed by atoms with van der Waals surface area (Å²) in [5, 5.41) is 17.4. The molecule has 0 saturated carbocycles. The van der Waals surface area contributed by atoms with Gasteiger partial charge < -0.3 is 4.74 Å². The summed E-state index contributed by atoms with van der Waals surface area (Å²) in [6.07, 6.45) is 3.61. The summed E-state index contributed by atoms with van der Waals surface area (Å²) in [7, 11) is 0. The van der Waals surface area contributed by atoms with Crippen LogP contribution in [0.2, 0.25) is 0 Å².